The van der Waals surface area contributed by atoms with Crippen molar-refractivity contribution in [1.29, 1.82) is 0 Å². The lowest BCUT2D eigenvalue weighted by molar-refractivity contribution is 0.472. The fourth-order valence-electron chi connectivity index (χ4n) is 2.41. The van der Waals surface area contributed by atoms with Gasteiger partial charge in [0.25, 0.3) is 5.56 Å². The number of nitrogens with zero attached hydrogens (tertiary/aromatic N) is 3. The quantitative estimate of drug-likeness (QED) is 0.866. The Hall–Kier alpha value is -1.62. The van der Waals surface area contributed by atoms with Gasteiger partial charge in [0.15, 0.2) is 0 Å². The molecule has 0 unspecified atom stereocenters. The highest BCUT2D eigenvalue weighted by Crippen LogP contribution is 2.22. The molecule has 19 heavy (non-hydrogen) atoms. The first kappa shape index (κ1) is 12.4. The normalized spacial score (nSPS) is 14.1. The molecule has 0 saturated carbocycles. The van der Waals surface area contributed by atoms with Gasteiger partial charge < -0.3 is 4.90 Å². The van der Waals surface area contributed by atoms with Crippen molar-refractivity contribution in [2.45, 2.75) is 13.0 Å². The van der Waals surface area contributed by atoms with Crippen molar-refractivity contribution in [2.75, 3.05) is 24.7 Å². The van der Waals surface area contributed by atoms with Gasteiger partial charge in [0.2, 0.25) is 5.95 Å². The number of aromatic nitrogens is 2. The van der Waals surface area contributed by atoms with Gasteiger partial charge in [-0.2, -0.15) is 0 Å². The summed E-state index contributed by atoms with van der Waals surface area (Å²) in [4.78, 5) is 18.8. The summed E-state index contributed by atoms with van der Waals surface area (Å²) in [6.45, 7) is 1.52. The highest BCUT2D eigenvalue weighted by Gasteiger charge is 2.22. The molecular weight excluding hydrogens is 269 g/mol. The summed E-state index contributed by atoms with van der Waals surface area (Å²) in [5, 5.41) is 1.06. The zero-order chi connectivity index (χ0) is 13.4. The Morgan fingerprint density at radius 3 is 3.00 bits per heavy atom. The molecule has 2 heterocycles. The third-order valence-electron chi connectivity index (χ3n) is 3.33. The van der Waals surface area contributed by atoms with Gasteiger partial charge in [-0.1, -0.05) is 11.6 Å². The summed E-state index contributed by atoms with van der Waals surface area (Å²) in [5.74, 6) is 0.633. The van der Waals surface area contributed by atoms with E-state index in [1.807, 2.05) is 4.90 Å². The van der Waals surface area contributed by atoms with E-state index in [2.05, 4.69) is 4.98 Å². The van der Waals surface area contributed by atoms with Gasteiger partial charge in [-0.3, -0.25) is 13.8 Å². The van der Waals surface area contributed by atoms with Crippen molar-refractivity contribution in [3.63, 3.8) is 0 Å². The lowest BCUT2D eigenvalue weighted by Gasteiger charge is -2.16. The third kappa shape index (κ3) is 2.08. The van der Waals surface area contributed by atoms with Gasteiger partial charge in [0.1, 0.15) is 0 Å². The molecule has 0 spiro atoms. The predicted octanol–water partition coefficient (Wildman–Crippen LogP) is 2.23. The average molecular weight is 282 g/mol. The Kier molecular flexibility index (Phi) is 3.14. The number of anilines is 1. The Morgan fingerprint density at radius 2 is 2.21 bits per heavy atom. The molecular formula is C13H13ClFN3O. The molecule has 1 aromatic carbocycles. The topological polar surface area (TPSA) is 38.1 Å². The Bertz CT molecular complexity index is 685. The minimum Gasteiger partial charge on any atom is -0.340 e. The second kappa shape index (κ2) is 4.81. The second-order valence-electron chi connectivity index (χ2n) is 4.56. The van der Waals surface area contributed by atoms with Gasteiger partial charge in [0.05, 0.1) is 17.6 Å². The fraction of sp³-hybridized carbons (Fsp3) is 0.385. The minimum atomic E-state index is -0.357. The van der Waals surface area contributed by atoms with E-state index >= 15 is 0 Å². The monoisotopic (exact) mass is 281 g/mol. The molecule has 0 atom stereocenters. The highest BCUT2D eigenvalue weighted by molar-refractivity contribution is 6.31. The van der Waals surface area contributed by atoms with Gasteiger partial charge in [-0.05, 0) is 24.6 Å². The maximum Gasteiger partial charge on any atom is 0.262 e. The van der Waals surface area contributed by atoms with Crippen LogP contribution in [0.3, 0.4) is 0 Å². The Morgan fingerprint density at radius 1 is 1.37 bits per heavy atom. The summed E-state index contributed by atoms with van der Waals surface area (Å²) in [7, 11) is 0. The first-order valence-electron chi connectivity index (χ1n) is 6.22. The maximum atomic E-state index is 12.4. The molecule has 1 aliphatic rings. The van der Waals surface area contributed by atoms with E-state index in [1.165, 1.54) is 0 Å². The standard InChI is InChI=1S/C13H13ClFN3O/c14-9-2-3-11-10(8-9)12(19)18-7-6-17(5-1-4-15)13(18)16-11/h2-3,8H,1,4-7H2. The molecule has 0 fully saturated rings. The van der Waals surface area contributed by atoms with Gasteiger partial charge in [-0.15, -0.1) is 0 Å². The lowest BCUT2D eigenvalue weighted by atomic mass is 10.2. The first-order chi connectivity index (χ1) is 9.20. The summed E-state index contributed by atoms with van der Waals surface area (Å²) < 4.78 is 13.9. The second-order valence-corrected chi connectivity index (χ2v) is 5.00. The molecule has 3 rings (SSSR count). The van der Waals surface area contributed by atoms with Crippen molar-refractivity contribution in [3.05, 3.63) is 33.6 Å². The molecule has 0 amide bonds. The number of fused-ring (bicyclic) bond motifs is 2. The predicted molar refractivity (Wildman–Crippen MR) is 73.8 cm³/mol. The summed E-state index contributed by atoms with van der Waals surface area (Å²) in [6.07, 6.45) is 0.453. The van der Waals surface area contributed by atoms with Crippen LogP contribution in [0.1, 0.15) is 6.42 Å². The van der Waals surface area contributed by atoms with Gasteiger partial charge in [-0.25, -0.2) is 4.98 Å². The van der Waals surface area contributed by atoms with Crippen LogP contribution in [0, 0.1) is 0 Å². The van der Waals surface area contributed by atoms with Crippen LogP contribution in [-0.4, -0.2) is 29.3 Å². The Balaban J connectivity index is 2.13. The number of alkyl halides is 1. The smallest absolute Gasteiger partial charge is 0.262 e. The molecule has 100 valence electrons. The number of halogens is 2. The van der Waals surface area contributed by atoms with E-state index in [4.69, 9.17) is 11.6 Å². The van der Waals surface area contributed by atoms with Crippen LogP contribution < -0.4 is 10.5 Å². The lowest BCUT2D eigenvalue weighted by Crippen LogP contribution is -2.24. The number of benzene rings is 1. The van der Waals surface area contributed by atoms with Crippen LogP contribution in [-0.2, 0) is 6.54 Å². The van der Waals surface area contributed by atoms with E-state index in [1.54, 1.807) is 22.8 Å². The van der Waals surface area contributed by atoms with Crippen LogP contribution in [0.25, 0.3) is 10.9 Å². The van der Waals surface area contributed by atoms with Crippen LogP contribution in [0.5, 0.6) is 0 Å². The molecule has 0 radical (unpaired) electrons. The largest absolute Gasteiger partial charge is 0.340 e. The highest BCUT2D eigenvalue weighted by atomic mass is 35.5. The zero-order valence-electron chi connectivity index (χ0n) is 10.3. The molecule has 4 nitrogen and oxygen atoms in total. The summed E-state index contributed by atoms with van der Waals surface area (Å²) in [6, 6.07) is 5.10. The van der Waals surface area contributed by atoms with E-state index in [0.29, 0.717) is 47.9 Å². The molecule has 0 N–H and O–H groups in total. The van der Waals surface area contributed by atoms with Crippen LogP contribution in [0.4, 0.5) is 10.3 Å². The summed E-state index contributed by atoms with van der Waals surface area (Å²) in [5.41, 5.74) is 0.554. The van der Waals surface area contributed by atoms with Gasteiger partial charge >= 0.3 is 0 Å². The van der Waals surface area contributed by atoms with Crippen molar-refractivity contribution in [1.82, 2.24) is 9.55 Å². The van der Waals surface area contributed by atoms with Crippen LogP contribution in [0.2, 0.25) is 5.02 Å². The molecule has 1 aliphatic heterocycles. The Labute approximate surface area is 114 Å². The van der Waals surface area contributed by atoms with E-state index in [-0.39, 0.29) is 12.2 Å². The van der Waals surface area contributed by atoms with E-state index in [0.717, 1.165) is 0 Å². The van der Waals surface area contributed by atoms with E-state index < -0.39 is 0 Å². The van der Waals surface area contributed by atoms with Crippen LogP contribution in [0.15, 0.2) is 23.0 Å². The first-order valence-corrected chi connectivity index (χ1v) is 6.59. The van der Waals surface area contributed by atoms with E-state index in [9.17, 15) is 9.18 Å². The summed E-state index contributed by atoms with van der Waals surface area (Å²) >= 11 is 5.91. The van der Waals surface area contributed by atoms with Crippen LogP contribution >= 0.6 is 11.6 Å². The zero-order valence-corrected chi connectivity index (χ0v) is 11.0. The maximum absolute atomic E-state index is 12.4. The number of rotatable bonds is 3. The SMILES string of the molecule is O=c1c2cc(Cl)ccc2nc2n1CCN2CCCF. The third-order valence-corrected chi connectivity index (χ3v) is 3.57. The number of hydrogen-bond donors (Lipinski definition) is 0. The van der Waals surface area contributed by atoms with Crippen molar-refractivity contribution in [2.24, 2.45) is 0 Å². The molecule has 0 bridgehead atoms. The van der Waals surface area contributed by atoms with Crippen molar-refractivity contribution < 1.29 is 4.39 Å². The molecule has 6 heteroatoms. The van der Waals surface area contributed by atoms with Crippen molar-refractivity contribution >= 4 is 28.5 Å². The fourth-order valence-corrected chi connectivity index (χ4v) is 2.58. The average Bonchev–Trinajstić information content (AvgIpc) is 2.81. The molecule has 2 aromatic rings. The molecule has 0 saturated heterocycles. The molecule has 1 aromatic heterocycles. The van der Waals surface area contributed by atoms with Crippen molar-refractivity contribution in [3.8, 4) is 0 Å². The minimum absolute atomic E-state index is 0.0785. The molecule has 0 aliphatic carbocycles. The number of hydrogen-bond acceptors (Lipinski definition) is 3. The van der Waals surface area contributed by atoms with Gasteiger partial charge in [0, 0.05) is 24.7 Å².